The quantitative estimate of drug-likeness (QED) is 0.795. The molecule has 3 nitrogen and oxygen atoms in total. The van der Waals surface area contributed by atoms with Gasteiger partial charge < -0.3 is 11.1 Å². The van der Waals surface area contributed by atoms with Crippen LogP contribution >= 0.6 is 0 Å². The molecule has 0 aliphatic rings. The largest absolute Gasteiger partial charge is 0.405 e. The van der Waals surface area contributed by atoms with Crippen LogP contribution in [0, 0.1) is 0 Å². The second kappa shape index (κ2) is 4.12. The van der Waals surface area contributed by atoms with Gasteiger partial charge in [-0.25, -0.2) is 0 Å². The molecule has 1 aromatic carbocycles. The van der Waals surface area contributed by atoms with Crippen molar-refractivity contribution >= 4 is 22.3 Å². The standard InChI is InChI=1S/C11H10F3N3/c12-11(13,14)6-17-9-3-4-16-10-5-7(15)1-2-8(9)10/h1-5H,6,15H2,(H,16,17). The van der Waals surface area contributed by atoms with Crippen LogP contribution in [-0.2, 0) is 0 Å². The highest BCUT2D eigenvalue weighted by Gasteiger charge is 2.26. The Morgan fingerprint density at radius 1 is 1.24 bits per heavy atom. The van der Waals surface area contributed by atoms with Crippen molar-refractivity contribution < 1.29 is 13.2 Å². The number of aromatic nitrogens is 1. The molecule has 90 valence electrons. The van der Waals surface area contributed by atoms with Crippen molar-refractivity contribution in [3.05, 3.63) is 30.5 Å². The summed E-state index contributed by atoms with van der Waals surface area (Å²) >= 11 is 0. The van der Waals surface area contributed by atoms with Crippen LogP contribution in [0.3, 0.4) is 0 Å². The van der Waals surface area contributed by atoms with E-state index in [-0.39, 0.29) is 0 Å². The number of fused-ring (bicyclic) bond motifs is 1. The van der Waals surface area contributed by atoms with Gasteiger partial charge in [0, 0.05) is 23.0 Å². The lowest BCUT2D eigenvalue weighted by molar-refractivity contribution is -0.115. The van der Waals surface area contributed by atoms with E-state index < -0.39 is 12.7 Å². The second-order valence-electron chi connectivity index (χ2n) is 3.60. The monoisotopic (exact) mass is 241 g/mol. The van der Waals surface area contributed by atoms with Crippen LogP contribution in [0.4, 0.5) is 24.5 Å². The number of anilines is 2. The number of nitrogens with one attached hydrogen (secondary N) is 1. The fourth-order valence-corrected chi connectivity index (χ4v) is 1.51. The van der Waals surface area contributed by atoms with E-state index >= 15 is 0 Å². The molecular weight excluding hydrogens is 231 g/mol. The number of halogens is 3. The topological polar surface area (TPSA) is 50.9 Å². The molecule has 0 bridgehead atoms. The van der Waals surface area contributed by atoms with Crippen LogP contribution in [0.2, 0.25) is 0 Å². The summed E-state index contributed by atoms with van der Waals surface area (Å²) in [6.07, 6.45) is -2.80. The minimum atomic E-state index is -4.25. The van der Waals surface area contributed by atoms with Gasteiger partial charge in [0.1, 0.15) is 6.54 Å². The fraction of sp³-hybridized carbons (Fsp3) is 0.182. The molecule has 0 spiro atoms. The van der Waals surface area contributed by atoms with Crippen LogP contribution in [0.15, 0.2) is 30.5 Å². The van der Waals surface area contributed by atoms with Gasteiger partial charge in [0.2, 0.25) is 0 Å². The van der Waals surface area contributed by atoms with Gasteiger partial charge >= 0.3 is 6.18 Å². The molecule has 0 unspecified atom stereocenters. The lowest BCUT2D eigenvalue weighted by Gasteiger charge is -2.11. The van der Waals surface area contributed by atoms with Crippen molar-refractivity contribution in [3.8, 4) is 0 Å². The summed E-state index contributed by atoms with van der Waals surface area (Å²) in [5.41, 5.74) is 7.07. The van der Waals surface area contributed by atoms with Gasteiger partial charge in [-0.2, -0.15) is 13.2 Å². The lowest BCUT2D eigenvalue weighted by Crippen LogP contribution is -2.21. The van der Waals surface area contributed by atoms with Crippen LogP contribution in [0.5, 0.6) is 0 Å². The van der Waals surface area contributed by atoms with E-state index in [4.69, 9.17) is 5.73 Å². The molecule has 0 saturated heterocycles. The summed E-state index contributed by atoms with van der Waals surface area (Å²) in [5.74, 6) is 0. The lowest BCUT2D eigenvalue weighted by atomic mass is 10.1. The molecule has 3 N–H and O–H groups in total. The van der Waals surface area contributed by atoms with E-state index in [2.05, 4.69) is 10.3 Å². The molecule has 0 aliphatic carbocycles. The first kappa shape index (κ1) is 11.5. The van der Waals surface area contributed by atoms with Crippen molar-refractivity contribution in [2.75, 3.05) is 17.6 Å². The Hall–Kier alpha value is -1.98. The highest BCUT2D eigenvalue weighted by Crippen LogP contribution is 2.24. The first-order valence-corrected chi connectivity index (χ1v) is 4.90. The van der Waals surface area contributed by atoms with Gasteiger partial charge in [0.05, 0.1) is 5.52 Å². The van der Waals surface area contributed by atoms with E-state index in [1.807, 2.05) is 0 Å². The molecule has 2 aromatic rings. The van der Waals surface area contributed by atoms with Crippen molar-refractivity contribution in [2.45, 2.75) is 6.18 Å². The third-order valence-electron chi connectivity index (χ3n) is 2.25. The number of nitrogen functional groups attached to an aromatic ring is 1. The molecule has 0 fully saturated rings. The predicted octanol–water partition coefficient (Wildman–Crippen LogP) is 2.79. The Morgan fingerprint density at radius 2 is 2.00 bits per heavy atom. The third-order valence-corrected chi connectivity index (χ3v) is 2.25. The van der Waals surface area contributed by atoms with Crippen LogP contribution in [0.25, 0.3) is 10.9 Å². The number of nitrogens with two attached hydrogens (primary N) is 1. The zero-order valence-electron chi connectivity index (χ0n) is 8.75. The highest BCUT2D eigenvalue weighted by atomic mass is 19.4. The summed E-state index contributed by atoms with van der Waals surface area (Å²) in [7, 11) is 0. The van der Waals surface area contributed by atoms with Crippen LogP contribution < -0.4 is 11.1 Å². The molecule has 1 aromatic heterocycles. The Labute approximate surface area is 95.4 Å². The summed E-state index contributed by atoms with van der Waals surface area (Å²) in [6, 6.07) is 6.40. The Morgan fingerprint density at radius 3 is 2.71 bits per heavy atom. The van der Waals surface area contributed by atoms with Crippen molar-refractivity contribution in [2.24, 2.45) is 0 Å². The van der Waals surface area contributed by atoms with E-state index in [0.717, 1.165) is 0 Å². The molecule has 0 amide bonds. The van der Waals surface area contributed by atoms with Crippen molar-refractivity contribution in [1.82, 2.24) is 4.98 Å². The SMILES string of the molecule is Nc1ccc2c(NCC(F)(F)F)ccnc2c1. The average molecular weight is 241 g/mol. The van der Waals surface area contributed by atoms with Crippen molar-refractivity contribution in [3.63, 3.8) is 0 Å². The fourth-order valence-electron chi connectivity index (χ4n) is 1.51. The van der Waals surface area contributed by atoms with Crippen molar-refractivity contribution in [1.29, 1.82) is 0 Å². The van der Waals surface area contributed by atoms with E-state index in [0.29, 0.717) is 22.3 Å². The Balaban J connectivity index is 2.34. The number of alkyl halides is 3. The van der Waals surface area contributed by atoms with Gasteiger partial charge in [0.15, 0.2) is 0 Å². The van der Waals surface area contributed by atoms with Gasteiger partial charge in [-0.3, -0.25) is 4.98 Å². The normalized spacial score (nSPS) is 11.7. The summed E-state index contributed by atoms with van der Waals surface area (Å²) in [5, 5.41) is 2.96. The number of hydrogen-bond donors (Lipinski definition) is 2. The van der Waals surface area contributed by atoms with E-state index in [9.17, 15) is 13.2 Å². The summed E-state index contributed by atoms with van der Waals surface area (Å²) in [4.78, 5) is 4.05. The second-order valence-corrected chi connectivity index (χ2v) is 3.60. The Kier molecular flexibility index (Phi) is 2.79. The van der Waals surface area contributed by atoms with Crippen LogP contribution in [-0.4, -0.2) is 17.7 Å². The first-order chi connectivity index (χ1) is 7.96. The number of pyridine rings is 1. The maximum absolute atomic E-state index is 12.1. The molecule has 0 atom stereocenters. The van der Waals surface area contributed by atoms with Gasteiger partial charge in [0.25, 0.3) is 0 Å². The Bertz CT molecular complexity index is 537. The van der Waals surface area contributed by atoms with E-state index in [1.54, 1.807) is 18.2 Å². The average Bonchev–Trinajstić information content (AvgIpc) is 2.24. The number of hydrogen-bond acceptors (Lipinski definition) is 3. The third kappa shape index (κ3) is 2.77. The molecule has 0 aliphatic heterocycles. The zero-order chi connectivity index (χ0) is 12.5. The zero-order valence-corrected chi connectivity index (χ0v) is 8.75. The number of benzene rings is 1. The summed E-state index contributed by atoms with van der Waals surface area (Å²) in [6.45, 7) is -1.07. The summed E-state index contributed by atoms with van der Waals surface area (Å²) < 4.78 is 36.3. The minimum absolute atomic E-state index is 0.396. The van der Waals surface area contributed by atoms with Gasteiger partial charge in [-0.15, -0.1) is 0 Å². The molecule has 17 heavy (non-hydrogen) atoms. The molecule has 1 heterocycles. The maximum atomic E-state index is 12.1. The van der Waals surface area contributed by atoms with E-state index in [1.165, 1.54) is 12.3 Å². The van der Waals surface area contributed by atoms with Crippen LogP contribution in [0.1, 0.15) is 0 Å². The van der Waals surface area contributed by atoms with Gasteiger partial charge in [-0.05, 0) is 24.3 Å². The smallest absolute Gasteiger partial charge is 0.399 e. The molecular formula is C11H10F3N3. The number of rotatable bonds is 2. The molecule has 0 radical (unpaired) electrons. The predicted molar refractivity (Wildman–Crippen MR) is 60.7 cm³/mol. The molecule has 6 heteroatoms. The highest BCUT2D eigenvalue weighted by molar-refractivity contribution is 5.92. The maximum Gasteiger partial charge on any atom is 0.405 e. The first-order valence-electron chi connectivity index (χ1n) is 4.90. The molecule has 2 rings (SSSR count). The minimum Gasteiger partial charge on any atom is -0.399 e. The molecule has 0 saturated carbocycles. The van der Waals surface area contributed by atoms with Gasteiger partial charge in [-0.1, -0.05) is 0 Å². The number of nitrogens with zero attached hydrogens (tertiary/aromatic N) is 1.